The molecule has 0 amide bonds. The van der Waals surface area contributed by atoms with E-state index in [0.29, 0.717) is 10.6 Å². The van der Waals surface area contributed by atoms with Crippen molar-refractivity contribution in [2.45, 2.75) is 32.7 Å². The van der Waals surface area contributed by atoms with Crippen molar-refractivity contribution in [3.05, 3.63) is 88.7 Å². The average molecular weight is 400 g/mol. The normalized spacial score (nSPS) is 10.9. The van der Waals surface area contributed by atoms with Gasteiger partial charge in [0.2, 0.25) is 0 Å². The van der Waals surface area contributed by atoms with E-state index >= 15 is 0 Å². The highest BCUT2D eigenvalue weighted by Gasteiger charge is 2.12. The summed E-state index contributed by atoms with van der Waals surface area (Å²) < 4.78 is 2.29. The number of imidazole rings is 1. The molecule has 0 bridgehead atoms. The van der Waals surface area contributed by atoms with Gasteiger partial charge in [-0.2, -0.15) is 5.26 Å². The van der Waals surface area contributed by atoms with E-state index in [2.05, 4.69) is 47.9 Å². The van der Waals surface area contributed by atoms with Crippen LogP contribution in [0, 0.1) is 11.3 Å². The molecule has 3 nitrogen and oxygen atoms in total. The Labute approximate surface area is 176 Å². The first-order chi connectivity index (χ1) is 14.2. The minimum absolute atomic E-state index is 0.694. The van der Waals surface area contributed by atoms with Gasteiger partial charge in [-0.15, -0.1) is 0 Å². The van der Waals surface area contributed by atoms with Gasteiger partial charge in [-0.25, -0.2) is 4.98 Å². The molecule has 0 saturated carbocycles. The fraction of sp³-hybridized carbons (Fsp3) is 0.200. The lowest BCUT2D eigenvalue weighted by atomic mass is 9.99. The Bertz CT molecular complexity index is 1180. The molecule has 0 aliphatic rings. The first kappa shape index (κ1) is 19.2. The Morgan fingerprint density at radius 2 is 1.83 bits per heavy atom. The molecular weight excluding hydrogens is 378 g/mol. The first-order valence-electron chi connectivity index (χ1n) is 9.92. The molecule has 0 N–H and O–H groups in total. The molecule has 0 spiro atoms. The summed E-state index contributed by atoms with van der Waals surface area (Å²) in [6.45, 7) is 2.96. The van der Waals surface area contributed by atoms with Crippen LogP contribution in [-0.4, -0.2) is 9.55 Å². The number of aryl methyl sites for hydroxylation is 1. The summed E-state index contributed by atoms with van der Waals surface area (Å²) >= 11 is 6.17. The third-order valence-electron chi connectivity index (χ3n) is 5.20. The van der Waals surface area contributed by atoms with Crippen LogP contribution in [0.2, 0.25) is 5.02 Å². The van der Waals surface area contributed by atoms with Crippen molar-refractivity contribution >= 4 is 22.6 Å². The molecule has 3 aromatic carbocycles. The number of hydrogen-bond acceptors (Lipinski definition) is 2. The van der Waals surface area contributed by atoms with E-state index in [9.17, 15) is 5.26 Å². The zero-order valence-electron chi connectivity index (χ0n) is 16.4. The van der Waals surface area contributed by atoms with Crippen molar-refractivity contribution in [1.29, 1.82) is 5.26 Å². The lowest BCUT2D eigenvalue weighted by molar-refractivity contribution is 0.690. The molecule has 1 aromatic heterocycles. The van der Waals surface area contributed by atoms with Crippen LogP contribution in [0.3, 0.4) is 0 Å². The van der Waals surface area contributed by atoms with Crippen molar-refractivity contribution in [2.24, 2.45) is 0 Å². The van der Waals surface area contributed by atoms with Crippen molar-refractivity contribution in [3.8, 4) is 17.2 Å². The standard InChI is InChI=1S/C25H22ClN3/c1-2-3-8-25-28-23-15-21(26)13-14-24(23)29(25)17-18-9-11-19(12-10-18)22-7-5-4-6-20(22)16-27/h4-7,9-15H,2-3,8,17H2,1H3. The Morgan fingerprint density at radius 3 is 2.59 bits per heavy atom. The molecule has 0 radical (unpaired) electrons. The first-order valence-corrected chi connectivity index (χ1v) is 10.3. The Balaban J connectivity index is 1.67. The zero-order valence-corrected chi connectivity index (χ0v) is 17.2. The molecule has 144 valence electrons. The van der Waals surface area contributed by atoms with E-state index in [1.54, 1.807) is 0 Å². The SMILES string of the molecule is CCCCc1nc2cc(Cl)ccc2n1Cc1ccc(-c2ccccc2C#N)cc1. The average Bonchev–Trinajstić information content (AvgIpc) is 3.09. The summed E-state index contributed by atoms with van der Waals surface area (Å²) in [4.78, 5) is 4.84. The maximum absolute atomic E-state index is 9.36. The maximum Gasteiger partial charge on any atom is 0.110 e. The molecule has 0 atom stereocenters. The van der Waals surface area contributed by atoms with Gasteiger partial charge in [-0.05, 0) is 47.4 Å². The number of nitrogens with zero attached hydrogens (tertiary/aromatic N) is 3. The number of nitriles is 1. The second-order valence-corrected chi connectivity index (χ2v) is 7.64. The summed E-state index contributed by atoms with van der Waals surface area (Å²) in [6, 6.07) is 24.3. The second-order valence-electron chi connectivity index (χ2n) is 7.21. The van der Waals surface area contributed by atoms with Crippen molar-refractivity contribution < 1.29 is 0 Å². The molecule has 1 heterocycles. The molecule has 0 fully saturated rings. The van der Waals surface area contributed by atoms with Gasteiger partial charge in [0, 0.05) is 18.0 Å². The fourth-order valence-electron chi connectivity index (χ4n) is 3.66. The van der Waals surface area contributed by atoms with Gasteiger partial charge >= 0.3 is 0 Å². The van der Waals surface area contributed by atoms with E-state index in [4.69, 9.17) is 16.6 Å². The number of rotatable bonds is 6. The highest BCUT2D eigenvalue weighted by molar-refractivity contribution is 6.31. The smallest absolute Gasteiger partial charge is 0.110 e. The van der Waals surface area contributed by atoms with Crippen LogP contribution < -0.4 is 0 Å². The van der Waals surface area contributed by atoms with Crippen LogP contribution in [0.15, 0.2) is 66.7 Å². The van der Waals surface area contributed by atoms with E-state index in [0.717, 1.165) is 53.8 Å². The van der Waals surface area contributed by atoms with Crippen molar-refractivity contribution in [2.75, 3.05) is 0 Å². The molecule has 4 aromatic rings. The maximum atomic E-state index is 9.36. The number of unbranched alkanes of at least 4 members (excludes halogenated alkanes) is 1. The van der Waals surface area contributed by atoms with Gasteiger partial charge in [0.25, 0.3) is 0 Å². The largest absolute Gasteiger partial charge is 0.323 e. The van der Waals surface area contributed by atoms with Gasteiger partial charge in [0.05, 0.1) is 22.7 Å². The summed E-state index contributed by atoms with van der Waals surface area (Å²) in [6.07, 6.45) is 3.20. The molecule has 29 heavy (non-hydrogen) atoms. The second kappa shape index (κ2) is 8.51. The fourth-order valence-corrected chi connectivity index (χ4v) is 3.83. The summed E-state index contributed by atoms with van der Waals surface area (Å²) in [7, 11) is 0. The van der Waals surface area contributed by atoms with Gasteiger partial charge < -0.3 is 4.57 Å². The highest BCUT2D eigenvalue weighted by Crippen LogP contribution is 2.26. The predicted octanol–water partition coefficient (Wildman–Crippen LogP) is 6.62. The molecule has 4 rings (SSSR count). The van der Waals surface area contributed by atoms with Gasteiger partial charge in [-0.3, -0.25) is 0 Å². The number of aromatic nitrogens is 2. The lowest BCUT2D eigenvalue weighted by Gasteiger charge is -2.11. The Morgan fingerprint density at radius 1 is 1.03 bits per heavy atom. The highest BCUT2D eigenvalue weighted by atomic mass is 35.5. The summed E-state index contributed by atoms with van der Waals surface area (Å²) in [5.74, 6) is 1.10. The number of halogens is 1. The Hall–Kier alpha value is -3.09. The molecular formula is C25H22ClN3. The van der Waals surface area contributed by atoms with Crippen LogP contribution >= 0.6 is 11.6 Å². The van der Waals surface area contributed by atoms with Gasteiger partial charge in [0.1, 0.15) is 5.82 Å². The Kier molecular flexibility index (Phi) is 5.64. The molecule has 0 saturated heterocycles. The van der Waals surface area contributed by atoms with E-state index in [1.165, 1.54) is 5.56 Å². The lowest BCUT2D eigenvalue weighted by Crippen LogP contribution is -2.05. The van der Waals surface area contributed by atoms with E-state index in [1.807, 2.05) is 36.4 Å². The predicted molar refractivity (Wildman–Crippen MR) is 119 cm³/mol. The molecule has 0 unspecified atom stereocenters. The number of fused-ring (bicyclic) bond motifs is 1. The van der Waals surface area contributed by atoms with Crippen molar-refractivity contribution in [3.63, 3.8) is 0 Å². The molecule has 0 aliphatic carbocycles. The minimum atomic E-state index is 0.694. The summed E-state index contributed by atoms with van der Waals surface area (Å²) in [5.41, 5.74) is 5.98. The quantitative estimate of drug-likeness (QED) is 0.365. The topological polar surface area (TPSA) is 41.6 Å². The molecule has 4 heteroatoms. The van der Waals surface area contributed by atoms with Crippen LogP contribution in [-0.2, 0) is 13.0 Å². The van der Waals surface area contributed by atoms with Crippen LogP contribution in [0.4, 0.5) is 0 Å². The third kappa shape index (κ3) is 4.04. The monoisotopic (exact) mass is 399 g/mol. The zero-order chi connectivity index (χ0) is 20.2. The van der Waals surface area contributed by atoms with E-state index in [-0.39, 0.29) is 0 Å². The van der Waals surface area contributed by atoms with E-state index < -0.39 is 0 Å². The van der Waals surface area contributed by atoms with Crippen LogP contribution in [0.5, 0.6) is 0 Å². The minimum Gasteiger partial charge on any atom is -0.323 e. The third-order valence-corrected chi connectivity index (χ3v) is 5.43. The van der Waals surface area contributed by atoms with Gasteiger partial charge in [-0.1, -0.05) is 67.4 Å². The van der Waals surface area contributed by atoms with Crippen LogP contribution in [0.1, 0.15) is 36.7 Å². The molecule has 0 aliphatic heterocycles. The van der Waals surface area contributed by atoms with Gasteiger partial charge in [0.15, 0.2) is 0 Å². The number of benzene rings is 3. The number of hydrogen-bond donors (Lipinski definition) is 0. The van der Waals surface area contributed by atoms with Crippen LogP contribution in [0.25, 0.3) is 22.2 Å². The van der Waals surface area contributed by atoms with Crippen molar-refractivity contribution in [1.82, 2.24) is 9.55 Å². The summed E-state index contributed by atoms with van der Waals surface area (Å²) in [5, 5.41) is 10.1.